The molecule has 5 heteroatoms. The van der Waals surface area contributed by atoms with E-state index < -0.39 is 0 Å². The van der Waals surface area contributed by atoms with Crippen LogP contribution in [0.1, 0.15) is 26.3 Å². The van der Waals surface area contributed by atoms with E-state index in [0.29, 0.717) is 5.58 Å². The second kappa shape index (κ2) is 12.5. The molecule has 0 saturated carbocycles. The van der Waals surface area contributed by atoms with Crippen molar-refractivity contribution >= 4 is 54.8 Å². The number of rotatable bonds is 3. The predicted octanol–water partition coefficient (Wildman–Crippen LogP) is 11.5. The summed E-state index contributed by atoms with van der Waals surface area (Å²) in [7, 11) is 0. The summed E-state index contributed by atoms with van der Waals surface area (Å²) in [6.45, 7) is 6.70. The van der Waals surface area contributed by atoms with Crippen molar-refractivity contribution in [3.05, 3.63) is 163 Å². The van der Waals surface area contributed by atoms with Gasteiger partial charge >= 0.3 is 0 Å². The van der Waals surface area contributed by atoms with Crippen LogP contribution in [0.25, 0.3) is 77.4 Å². The standard InChI is InChI=1S/C45H32N3O.Pt/c1-45(2,3)32-25-26-46-44(28-32)48-39-19-11-7-15-34(39)36-23-22-33(29-40(36)48)47-38-18-10-8-16-35(38)37-17-9-12-20-42(37)49-43-24-21-31(27-41(43)47)30-13-5-4-6-14-30;/h4-13,15-26,28H,1-3H3;/q-3;. The summed E-state index contributed by atoms with van der Waals surface area (Å²) < 4.78 is 11.2. The van der Waals surface area contributed by atoms with Gasteiger partial charge in [-0.25, -0.2) is 16.1 Å². The minimum absolute atomic E-state index is 0. The molecule has 0 saturated heterocycles. The first-order valence-corrected chi connectivity index (χ1v) is 16.6. The van der Waals surface area contributed by atoms with E-state index in [9.17, 15) is 0 Å². The zero-order valence-corrected chi connectivity index (χ0v) is 30.1. The van der Waals surface area contributed by atoms with Crippen LogP contribution in [0.5, 0.6) is 0 Å². The number of aromatic nitrogens is 3. The van der Waals surface area contributed by atoms with Crippen LogP contribution < -0.4 is 0 Å². The summed E-state index contributed by atoms with van der Waals surface area (Å²) in [4.78, 5) is 4.91. The van der Waals surface area contributed by atoms with Gasteiger partial charge in [0.1, 0.15) is 11.4 Å². The normalized spacial score (nSPS) is 11.7. The molecule has 6 aromatic carbocycles. The van der Waals surface area contributed by atoms with E-state index in [1.165, 1.54) is 5.56 Å². The molecule has 0 N–H and O–H groups in total. The van der Waals surface area contributed by atoms with Crippen molar-refractivity contribution in [2.75, 3.05) is 0 Å². The Morgan fingerprint density at radius 1 is 0.580 bits per heavy atom. The summed E-state index contributed by atoms with van der Waals surface area (Å²) in [5.41, 5.74) is 9.30. The number of para-hydroxylation sites is 3. The van der Waals surface area contributed by atoms with Crippen LogP contribution in [0.3, 0.4) is 0 Å². The molecule has 0 amide bonds. The number of benzene rings is 6. The number of nitrogens with zero attached hydrogens (tertiary/aromatic N) is 3. The van der Waals surface area contributed by atoms with Crippen molar-refractivity contribution in [1.29, 1.82) is 0 Å². The van der Waals surface area contributed by atoms with Crippen molar-refractivity contribution in [3.63, 3.8) is 0 Å². The Labute approximate surface area is 305 Å². The predicted molar refractivity (Wildman–Crippen MR) is 201 cm³/mol. The maximum Gasteiger partial charge on any atom is 0.135 e. The number of fused-ring (bicyclic) bond motifs is 7. The van der Waals surface area contributed by atoms with Gasteiger partial charge in [0.05, 0.1) is 11.1 Å². The minimum Gasteiger partial charge on any atom is -0.499 e. The molecule has 9 rings (SSSR count). The van der Waals surface area contributed by atoms with Gasteiger partial charge in [0.2, 0.25) is 0 Å². The molecule has 0 spiro atoms. The number of hydrogen-bond acceptors (Lipinski definition) is 2. The van der Waals surface area contributed by atoms with Crippen LogP contribution >= 0.6 is 0 Å². The molecule has 246 valence electrons. The van der Waals surface area contributed by atoms with Gasteiger partial charge in [-0.1, -0.05) is 86.6 Å². The van der Waals surface area contributed by atoms with E-state index in [-0.39, 0.29) is 26.5 Å². The summed E-state index contributed by atoms with van der Waals surface area (Å²) >= 11 is 0. The van der Waals surface area contributed by atoms with E-state index in [4.69, 9.17) is 9.40 Å². The summed E-state index contributed by atoms with van der Waals surface area (Å²) in [5.74, 6) is 0.867. The van der Waals surface area contributed by atoms with E-state index >= 15 is 0 Å². The first-order chi connectivity index (χ1) is 23.9. The Balaban J connectivity index is 0.00000361. The third-order valence-corrected chi connectivity index (χ3v) is 9.30. The first kappa shape index (κ1) is 31.8. The maximum atomic E-state index is 6.74. The summed E-state index contributed by atoms with van der Waals surface area (Å²) in [6, 6.07) is 57.0. The van der Waals surface area contributed by atoms with E-state index in [1.54, 1.807) is 0 Å². The Morgan fingerprint density at radius 3 is 2.04 bits per heavy atom. The maximum absolute atomic E-state index is 6.74. The van der Waals surface area contributed by atoms with Crippen LogP contribution in [0.2, 0.25) is 0 Å². The van der Waals surface area contributed by atoms with Gasteiger partial charge in [0.25, 0.3) is 0 Å². The fraction of sp³-hybridized carbons (Fsp3) is 0.0889. The number of pyridine rings is 1. The van der Waals surface area contributed by atoms with Gasteiger partial charge in [-0.05, 0) is 52.2 Å². The molecular weight excluding hydrogens is 794 g/mol. The summed E-state index contributed by atoms with van der Waals surface area (Å²) in [5, 5.41) is 4.35. The Kier molecular flexibility index (Phi) is 7.93. The topological polar surface area (TPSA) is 35.9 Å². The zero-order valence-electron chi connectivity index (χ0n) is 27.8. The molecule has 0 radical (unpaired) electrons. The molecule has 0 fully saturated rings. The smallest absolute Gasteiger partial charge is 0.135 e. The van der Waals surface area contributed by atoms with Gasteiger partial charge in [-0.3, -0.25) is 0 Å². The van der Waals surface area contributed by atoms with Crippen molar-refractivity contribution in [1.82, 2.24) is 14.1 Å². The molecule has 0 atom stereocenters. The van der Waals surface area contributed by atoms with E-state index in [2.05, 4.69) is 145 Å². The first-order valence-electron chi connectivity index (χ1n) is 16.6. The Morgan fingerprint density at radius 2 is 1.28 bits per heavy atom. The van der Waals surface area contributed by atoms with Crippen molar-refractivity contribution in [2.24, 2.45) is 0 Å². The van der Waals surface area contributed by atoms with Crippen molar-refractivity contribution < 1.29 is 25.5 Å². The number of hydrogen-bond donors (Lipinski definition) is 0. The van der Waals surface area contributed by atoms with Gasteiger partial charge in [0.15, 0.2) is 0 Å². The molecule has 0 bridgehead atoms. The molecular formula is C45H32N3OPt-3. The average Bonchev–Trinajstić information content (AvgIpc) is 3.46. The van der Waals surface area contributed by atoms with E-state index in [1.807, 2.05) is 42.6 Å². The molecule has 50 heavy (non-hydrogen) atoms. The molecule has 0 aliphatic rings. The fourth-order valence-corrected chi connectivity index (χ4v) is 6.86. The molecule has 3 heterocycles. The average molecular weight is 826 g/mol. The zero-order chi connectivity index (χ0) is 33.1. The molecule has 0 aliphatic heterocycles. The molecule has 0 aliphatic carbocycles. The molecule has 3 aromatic heterocycles. The Hall–Kier alpha value is -5.44. The monoisotopic (exact) mass is 825 g/mol. The van der Waals surface area contributed by atoms with Gasteiger partial charge in [-0.15, -0.1) is 29.7 Å². The molecule has 4 nitrogen and oxygen atoms in total. The second-order valence-corrected chi connectivity index (χ2v) is 13.4. The largest absolute Gasteiger partial charge is 0.499 e. The van der Waals surface area contributed by atoms with Crippen LogP contribution in [-0.4, -0.2) is 14.1 Å². The van der Waals surface area contributed by atoms with Crippen LogP contribution in [-0.2, 0) is 26.5 Å². The molecule has 9 aromatic rings. The second-order valence-electron chi connectivity index (χ2n) is 13.4. The Bertz CT molecular complexity index is 2760. The third kappa shape index (κ3) is 5.32. The van der Waals surface area contributed by atoms with Crippen LogP contribution in [0, 0.1) is 18.2 Å². The van der Waals surface area contributed by atoms with Gasteiger partial charge in [-0.2, -0.15) is 42.5 Å². The van der Waals surface area contributed by atoms with Crippen molar-refractivity contribution in [2.45, 2.75) is 26.2 Å². The van der Waals surface area contributed by atoms with E-state index in [0.717, 1.165) is 71.8 Å². The molecule has 0 unspecified atom stereocenters. The quantitative estimate of drug-likeness (QED) is 0.166. The van der Waals surface area contributed by atoms with Crippen LogP contribution in [0.15, 0.2) is 144 Å². The van der Waals surface area contributed by atoms with Gasteiger partial charge in [0, 0.05) is 43.6 Å². The minimum atomic E-state index is -0.0245. The third-order valence-electron chi connectivity index (χ3n) is 9.30. The van der Waals surface area contributed by atoms with Crippen LogP contribution in [0.4, 0.5) is 0 Å². The van der Waals surface area contributed by atoms with Gasteiger partial charge < -0.3 is 13.6 Å². The van der Waals surface area contributed by atoms with Crippen molar-refractivity contribution in [3.8, 4) is 22.6 Å². The summed E-state index contributed by atoms with van der Waals surface area (Å²) in [6.07, 6.45) is 1.91. The fourth-order valence-electron chi connectivity index (χ4n) is 6.86. The SMILES string of the molecule is CC(C)(C)c1ccnc(-n2c3[c-]c(-n4c5[c-]c(-c6[c-]cccc6)ccc5oc5ccccc5c5ccccc54)ccc3c3ccccc32)c1.[Pt].